The van der Waals surface area contributed by atoms with Crippen LogP contribution >= 0.6 is 11.9 Å². The lowest BCUT2D eigenvalue weighted by Crippen LogP contribution is -2.44. The van der Waals surface area contributed by atoms with Gasteiger partial charge in [0, 0.05) is 37.6 Å². The van der Waals surface area contributed by atoms with Gasteiger partial charge >= 0.3 is 0 Å². The lowest BCUT2D eigenvalue weighted by molar-refractivity contribution is 0.311. The summed E-state index contributed by atoms with van der Waals surface area (Å²) in [5.41, 5.74) is 2.51. The Morgan fingerprint density at radius 1 is 0.935 bits per heavy atom. The second-order valence-electron chi connectivity index (χ2n) is 7.87. The number of nitrogens with one attached hydrogen (secondary N) is 1. The van der Waals surface area contributed by atoms with Gasteiger partial charge in [-0.1, -0.05) is 24.3 Å². The van der Waals surface area contributed by atoms with Crippen molar-refractivity contribution in [1.29, 1.82) is 0 Å². The first-order valence-corrected chi connectivity index (χ1v) is 11.6. The minimum absolute atomic E-state index is 0.886. The number of piperazine rings is 1. The summed E-state index contributed by atoms with van der Waals surface area (Å²) in [7, 11) is 5.64. The number of hydrogen-bond acceptors (Lipinski definition) is 6. The molecule has 0 atom stereocenters. The zero-order valence-corrected chi connectivity index (χ0v) is 19.4. The molecule has 0 amide bonds. The summed E-state index contributed by atoms with van der Waals surface area (Å²) in [5, 5.41) is 2.51. The Hall–Kier alpha value is -2.41. The second-order valence-corrected chi connectivity index (χ2v) is 8.84. The van der Waals surface area contributed by atoms with Crippen LogP contribution in [0.15, 0.2) is 59.5 Å². The number of likely N-dealkylation sites (N-methyl/N-ethyl adjacent to an activating group) is 1. The van der Waals surface area contributed by atoms with Crippen LogP contribution in [0.1, 0.15) is 5.56 Å². The first-order valence-electron chi connectivity index (χ1n) is 10.7. The Labute approximate surface area is 189 Å². The van der Waals surface area contributed by atoms with Gasteiger partial charge in [0.1, 0.15) is 11.5 Å². The average Bonchev–Trinajstić information content (AvgIpc) is 2.82. The molecule has 3 aromatic carbocycles. The van der Waals surface area contributed by atoms with Crippen LogP contribution in [0.25, 0.3) is 10.8 Å². The fraction of sp³-hybridized carbons (Fsp3) is 0.360. The second kappa shape index (κ2) is 10.3. The zero-order valence-electron chi connectivity index (χ0n) is 18.6. The van der Waals surface area contributed by atoms with E-state index in [-0.39, 0.29) is 0 Å². The molecule has 164 valence electrons. The Kier molecular flexibility index (Phi) is 7.22. The van der Waals surface area contributed by atoms with Gasteiger partial charge in [0.2, 0.25) is 0 Å². The first-order chi connectivity index (χ1) is 15.2. The predicted molar refractivity (Wildman–Crippen MR) is 131 cm³/mol. The van der Waals surface area contributed by atoms with E-state index >= 15 is 0 Å². The summed E-state index contributed by atoms with van der Waals surface area (Å²) in [6.45, 7) is 5.10. The van der Waals surface area contributed by atoms with E-state index in [0.29, 0.717) is 0 Å². The Balaban J connectivity index is 1.39. The number of hydrogen-bond donors (Lipinski definition) is 1. The Bertz CT molecular complexity index is 1020. The third kappa shape index (κ3) is 5.26. The Morgan fingerprint density at radius 2 is 1.77 bits per heavy atom. The van der Waals surface area contributed by atoms with Crippen LogP contribution in [-0.2, 0) is 6.42 Å². The molecule has 1 fully saturated rings. The van der Waals surface area contributed by atoms with Crippen LogP contribution in [0, 0.1) is 0 Å². The van der Waals surface area contributed by atoms with Gasteiger partial charge in [-0.3, -0.25) is 4.72 Å². The van der Waals surface area contributed by atoms with Crippen molar-refractivity contribution >= 4 is 28.4 Å². The van der Waals surface area contributed by atoms with E-state index in [1.807, 2.05) is 6.07 Å². The fourth-order valence-electron chi connectivity index (χ4n) is 4.01. The van der Waals surface area contributed by atoms with Crippen LogP contribution in [0.4, 0.5) is 5.69 Å². The zero-order chi connectivity index (χ0) is 21.6. The SMILES string of the molecule is COc1ccc2cccc(CCNSc3ccc(OC)c(N4CCN(C)CC4)c3)c2c1. The molecule has 1 saturated heterocycles. The summed E-state index contributed by atoms with van der Waals surface area (Å²) in [6, 6.07) is 19.2. The standard InChI is InChI=1S/C25H31N3O2S/c1-27-13-15-28(16-14-27)24-18-22(9-10-25(24)30-3)31-26-12-11-20-6-4-5-19-7-8-21(29-2)17-23(19)20/h4-10,17-18,26H,11-16H2,1-3H3. The van der Waals surface area contributed by atoms with E-state index in [1.54, 1.807) is 26.2 Å². The molecule has 0 saturated carbocycles. The van der Waals surface area contributed by atoms with Gasteiger partial charge in [0.05, 0.1) is 19.9 Å². The minimum atomic E-state index is 0.886. The molecule has 1 aliphatic heterocycles. The normalized spacial score (nSPS) is 14.7. The van der Waals surface area contributed by atoms with Crippen LogP contribution in [0.3, 0.4) is 0 Å². The molecule has 0 radical (unpaired) electrons. The maximum Gasteiger partial charge on any atom is 0.142 e. The summed E-state index contributed by atoms with van der Waals surface area (Å²) in [4.78, 5) is 5.99. The highest BCUT2D eigenvalue weighted by molar-refractivity contribution is 7.97. The van der Waals surface area contributed by atoms with E-state index in [4.69, 9.17) is 9.47 Å². The van der Waals surface area contributed by atoms with Gasteiger partial charge in [-0.15, -0.1) is 0 Å². The molecule has 0 aliphatic carbocycles. The van der Waals surface area contributed by atoms with Crippen LogP contribution in [0.2, 0.25) is 0 Å². The van der Waals surface area contributed by atoms with Crippen LogP contribution in [-0.4, -0.2) is 58.9 Å². The van der Waals surface area contributed by atoms with Crippen molar-refractivity contribution in [3.8, 4) is 11.5 Å². The lowest BCUT2D eigenvalue weighted by Gasteiger charge is -2.34. The summed E-state index contributed by atoms with van der Waals surface area (Å²) in [6.07, 6.45) is 0.957. The molecule has 4 rings (SSSR count). The molecule has 0 unspecified atom stereocenters. The van der Waals surface area contributed by atoms with Crippen molar-refractivity contribution in [3.63, 3.8) is 0 Å². The molecule has 1 N–H and O–H groups in total. The smallest absolute Gasteiger partial charge is 0.142 e. The molecule has 0 spiro atoms. The topological polar surface area (TPSA) is 37.0 Å². The average molecular weight is 438 g/mol. The van der Waals surface area contributed by atoms with Gasteiger partial charge in [0.15, 0.2) is 0 Å². The molecular weight excluding hydrogens is 406 g/mol. The predicted octanol–water partition coefficient (Wildman–Crippen LogP) is 4.45. The highest BCUT2D eigenvalue weighted by atomic mass is 32.2. The maximum absolute atomic E-state index is 5.63. The van der Waals surface area contributed by atoms with E-state index in [9.17, 15) is 0 Å². The fourth-order valence-corrected chi connectivity index (χ4v) is 4.69. The highest BCUT2D eigenvalue weighted by Crippen LogP contribution is 2.33. The van der Waals surface area contributed by atoms with Crippen molar-refractivity contribution < 1.29 is 9.47 Å². The maximum atomic E-state index is 5.63. The number of methoxy groups -OCH3 is 2. The minimum Gasteiger partial charge on any atom is -0.497 e. The molecule has 0 bridgehead atoms. The summed E-state index contributed by atoms with van der Waals surface area (Å²) >= 11 is 1.68. The van der Waals surface area contributed by atoms with Gasteiger partial charge in [-0.05, 0) is 72.1 Å². The molecule has 1 aliphatic rings. The summed E-state index contributed by atoms with van der Waals surface area (Å²) < 4.78 is 14.6. The molecule has 6 heteroatoms. The van der Waals surface area contributed by atoms with Crippen LogP contribution in [0.5, 0.6) is 11.5 Å². The van der Waals surface area contributed by atoms with E-state index < -0.39 is 0 Å². The van der Waals surface area contributed by atoms with Crippen molar-refractivity contribution in [2.24, 2.45) is 0 Å². The van der Waals surface area contributed by atoms with Crippen molar-refractivity contribution in [2.45, 2.75) is 11.3 Å². The third-order valence-electron chi connectivity index (χ3n) is 5.86. The van der Waals surface area contributed by atoms with Gasteiger partial charge in [0.25, 0.3) is 0 Å². The number of rotatable bonds is 8. The number of ether oxygens (including phenoxy) is 2. The number of benzene rings is 3. The van der Waals surface area contributed by atoms with Gasteiger partial charge in [-0.25, -0.2) is 0 Å². The van der Waals surface area contributed by atoms with Crippen LogP contribution < -0.4 is 19.1 Å². The van der Waals surface area contributed by atoms with E-state index in [2.05, 4.69) is 70.1 Å². The molecule has 0 aromatic heterocycles. The van der Waals surface area contributed by atoms with Crippen molar-refractivity contribution in [3.05, 3.63) is 60.2 Å². The van der Waals surface area contributed by atoms with E-state index in [1.165, 1.54) is 26.9 Å². The first kappa shape index (κ1) is 21.8. The highest BCUT2D eigenvalue weighted by Gasteiger charge is 2.18. The van der Waals surface area contributed by atoms with Crippen molar-refractivity contribution in [1.82, 2.24) is 9.62 Å². The molecule has 1 heterocycles. The molecule has 5 nitrogen and oxygen atoms in total. The molecule has 3 aromatic rings. The lowest BCUT2D eigenvalue weighted by atomic mass is 10.0. The summed E-state index contributed by atoms with van der Waals surface area (Å²) in [5.74, 6) is 1.84. The quantitative estimate of drug-likeness (QED) is 0.415. The Morgan fingerprint density at radius 3 is 2.55 bits per heavy atom. The number of fused-ring (bicyclic) bond motifs is 1. The van der Waals surface area contributed by atoms with Gasteiger partial charge in [-0.2, -0.15) is 0 Å². The van der Waals surface area contributed by atoms with Gasteiger partial charge < -0.3 is 19.3 Å². The largest absolute Gasteiger partial charge is 0.497 e. The number of anilines is 1. The molecular formula is C25H31N3O2S. The third-order valence-corrected chi connectivity index (χ3v) is 6.70. The van der Waals surface area contributed by atoms with E-state index in [0.717, 1.165) is 50.6 Å². The number of nitrogens with zero attached hydrogens (tertiary/aromatic N) is 2. The van der Waals surface area contributed by atoms with Crippen molar-refractivity contribution in [2.75, 3.05) is 58.9 Å². The molecule has 31 heavy (non-hydrogen) atoms. The monoisotopic (exact) mass is 437 g/mol.